The van der Waals surface area contributed by atoms with Crippen molar-refractivity contribution in [3.8, 4) is 0 Å². The highest BCUT2D eigenvalue weighted by atomic mass is 16.3. The Bertz CT molecular complexity index is 1290. The van der Waals surface area contributed by atoms with Gasteiger partial charge in [-0.25, -0.2) is 0 Å². The summed E-state index contributed by atoms with van der Waals surface area (Å²) in [6.45, 7) is 12.3. The fraction of sp³-hybridized carbons (Fsp3) is 0.182. The lowest BCUT2D eigenvalue weighted by molar-refractivity contribution is -0.104. The topological polar surface area (TPSA) is 30.2 Å². The molecule has 2 aromatic carbocycles. The summed E-state index contributed by atoms with van der Waals surface area (Å²) in [6, 6.07) is 18.5. The molecule has 0 amide bonds. The van der Waals surface area contributed by atoms with E-state index in [9.17, 15) is 4.79 Å². The summed E-state index contributed by atoms with van der Waals surface area (Å²) >= 11 is 0. The maximum Gasteiger partial charge on any atom is 0.149 e. The third-order valence-electron chi connectivity index (χ3n) is 5.87. The van der Waals surface area contributed by atoms with E-state index in [0.29, 0.717) is 12.0 Å². The lowest BCUT2D eigenvalue weighted by Gasteiger charge is -2.09. The van der Waals surface area contributed by atoms with Gasteiger partial charge in [0.1, 0.15) is 17.6 Å². The highest BCUT2D eigenvalue weighted by molar-refractivity contribution is 5.94. The van der Waals surface area contributed by atoms with Gasteiger partial charge >= 0.3 is 0 Å². The van der Waals surface area contributed by atoms with Crippen molar-refractivity contribution in [2.75, 3.05) is 0 Å². The molecule has 2 heteroatoms. The second kappa shape index (κ2) is 13.1. The number of furan rings is 1. The van der Waals surface area contributed by atoms with E-state index in [1.165, 1.54) is 16.7 Å². The van der Waals surface area contributed by atoms with E-state index in [-0.39, 0.29) is 0 Å². The summed E-state index contributed by atoms with van der Waals surface area (Å²) in [6.07, 6.45) is 16.6. The molecule has 3 rings (SSSR count). The van der Waals surface area contributed by atoms with Crippen LogP contribution in [-0.4, -0.2) is 6.29 Å². The Hall–Kier alpha value is -3.91. The number of hydrogen-bond acceptors (Lipinski definition) is 2. The Morgan fingerprint density at radius 3 is 2.43 bits per heavy atom. The molecule has 0 aliphatic rings. The predicted molar refractivity (Wildman–Crippen MR) is 149 cm³/mol. The molecular formula is C33H34O2. The van der Waals surface area contributed by atoms with E-state index in [1.807, 2.05) is 30.3 Å². The third-order valence-corrected chi connectivity index (χ3v) is 5.87. The minimum Gasteiger partial charge on any atom is -0.460 e. The van der Waals surface area contributed by atoms with E-state index in [4.69, 9.17) is 4.42 Å². The SMILES string of the molecule is C=C(C=O)/C=C\CCC(=C\C)/C(/C=C\C(=C)c1c(Cc2ccccc2)oc2ccccc12)=C/CC. The summed E-state index contributed by atoms with van der Waals surface area (Å²) in [5.41, 5.74) is 7.03. The second-order valence-corrected chi connectivity index (χ2v) is 8.43. The van der Waals surface area contributed by atoms with Gasteiger partial charge < -0.3 is 4.42 Å². The largest absolute Gasteiger partial charge is 0.460 e. The highest BCUT2D eigenvalue weighted by Crippen LogP contribution is 2.33. The summed E-state index contributed by atoms with van der Waals surface area (Å²) in [5, 5.41) is 1.08. The predicted octanol–water partition coefficient (Wildman–Crippen LogP) is 8.97. The number of benzene rings is 2. The smallest absolute Gasteiger partial charge is 0.149 e. The fourth-order valence-electron chi connectivity index (χ4n) is 4.12. The number of allylic oxidation sites excluding steroid dienone is 10. The zero-order valence-corrected chi connectivity index (χ0v) is 20.8. The van der Waals surface area contributed by atoms with Crippen molar-refractivity contribution in [3.05, 3.63) is 138 Å². The summed E-state index contributed by atoms with van der Waals surface area (Å²) in [4.78, 5) is 10.7. The first-order chi connectivity index (χ1) is 17.1. The Kier molecular flexibility index (Phi) is 9.62. The Balaban J connectivity index is 1.86. The molecule has 1 heterocycles. The number of fused-ring (bicyclic) bond motifs is 1. The van der Waals surface area contributed by atoms with Gasteiger partial charge in [0.05, 0.1) is 0 Å². The van der Waals surface area contributed by atoms with Crippen molar-refractivity contribution in [3.63, 3.8) is 0 Å². The molecular weight excluding hydrogens is 428 g/mol. The molecule has 0 bridgehead atoms. The highest BCUT2D eigenvalue weighted by Gasteiger charge is 2.16. The van der Waals surface area contributed by atoms with Crippen LogP contribution in [-0.2, 0) is 11.2 Å². The molecule has 2 nitrogen and oxygen atoms in total. The molecule has 1 aromatic heterocycles. The van der Waals surface area contributed by atoms with Crippen LogP contribution >= 0.6 is 0 Å². The van der Waals surface area contributed by atoms with E-state index in [2.05, 4.69) is 81.6 Å². The van der Waals surface area contributed by atoms with Gasteiger partial charge in [-0.2, -0.15) is 0 Å². The summed E-state index contributed by atoms with van der Waals surface area (Å²) in [7, 11) is 0. The van der Waals surface area contributed by atoms with Gasteiger partial charge in [-0.15, -0.1) is 0 Å². The van der Waals surface area contributed by atoms with Crippen LogP contribution in [0.25, 0.3) is 16.5 Å². The molecule has 0 aliphatic heterocycles. The monoisotopic (exact) mass is 462 g/mol. The van der Waals surface area contributed by atoms with Crippen LogP contribution in [0, 0.1) is 0 Å². The molecule has 0 aliphatic carbocycles. The van der Waals surface area contributed by atoms with Crippen LogP contribution < -0.4 is 0 Å². The molecule has 35 heavy (non-hydrogen) atoms. The van der Waals surface area contributed by atoms with Gasteiger partial charge in [0, 0.05) is 22.9 Å². The van der Waals surface area contributed by atoms with Crippen LogP contribution in [0.3, 0.4) is 0 Å². The Morgan fingerprint density at radius 2 is 1.71 bits per heavy atom. The molecule has 0 fully saturated rings. The van der Waals surface area contributed by atoms with Crippen molar-refractivity contribution in [1.29, 1.82) is 0 Å². The molecule has 0 atom stereocenters. The van der Waals surface area contributed by atoms with Gasteiger partial charge in [0.15, 0.2) is 0 Å². The maximum atomic E-state index is 10.7. The minimum absolute atomic E-state index is 0.492. The number of carbonyl (C=O) groups is 1. The van der Waals surface area contributed by atoms with Gasteiger partial charge in [-0.05, 0) is 54.5 Å². The van der Waals surface area contributed by atoms with E-state index >= 15 is 0 Å². The quantitative estimate of drug-likeness (QED) is 0.153. The van der Waals surface area contributed by atoms with E-state index in [0.717, 1.165) is 53.4 Å². The Labute approximate surface area is 209 Å². The molecule has 0 N–H and O–H groups in total. The number of aldehydes is 1. The van der Waals surface area contributed by atoms with Gasteiger partial charge in [0.25, 0.3) is 0 Å². The van der Waals surface area contributed by atoms with Crippen molar-refractivity contribution in [1.82, 2.24) is 0 Å². The Morgan fingerprint density at radius 1 is 0.971 bits per heavy atom. The van der Waals surface area contributed by atoms with Crippen LogP contribution in [0.1, 0.15) is 50.0 Å². The molecule has 0 saturated heterocycles. The van der Waals surface area contributed by atoms with Gasteiger partial charge in [-0.3, -0.25) is 4.79 Å². The number of hydrogen-bond donors (Lipinski definition) is 0. The molecule has 0 radical (unpaired) electrons. The number of para-hydroxylation sites is 1. The van der Waals surface area contributed by atoms with Gasteiger partial charge in [-0.1, -0.05) is 105 Å². The molecule has 0 saturated carbocycles. The van der Waals surface area contributed by atoms with Crippen molar-refractivity contribution < 1.29 is 9.21 Å². The lowest BCUT2D eigenvalue weighted by atomic mass is 9.96. The fourth-order valence-corrected chi connectivity index (χ4v) is 4.12. The van der Waals surface area contributed by atoms with Crippen LogP contribution in [0.5, 0.6) is 0 Å². The summed E-state index contributed by atoms with van der Waals surface area (Å²) < 4.78 is 6.28. The van der Waals surface area contributed by atoms with Crippen LogP contribution in [0.15, 0.2) is 125 Å². The van der Waals surface area contributed by atoms with Crippen molar-refractivity contribution in [2.45, 2.75) is 39.5 Å². The number of carbonyl (C=O) groups excluding carboxylic acids is 1. The first-order valence-corrected chi connectivity index (χ1v) is 12.1. The second-order valence-electron chi connectivity index (χ2n) is 8.43. The summed E-state index contributed by atoms with van der Waals surface area (Å²) in [5.74, 6) is 0.930. The number of rotatable bonds is 12. The molecule has 3 aromatic rings. The van der Waals surface area contributed by atoms with Crippen LogP contribution in [0.2, 0.25) is 0 Å². The standard InChI is InChI=1S/C33H34O2/c1-5-14-29(28(6-2)18-11-10-15-25(3)24-34)22-21-26(4)33-30-19-12-13-20-31(30)35-32(33)23-27-16-8-7-9-17-27/h6-10,12-17,19-22,24H,3-5,11,18,23H2,1-2H3/b15-10-,22-21-,28-6+,29-14+. The van der Waals surface area contributed by atoms with Crippen molar-refractivity contribution >= 4 is 22.8 Å². The lowest BCUT2D eigenvalue weighted by Crippen LogP contribution is -1.91. The normalized spacial score (nSPS) is 12.6. The van der Waals surface area contributed by atoms with Gasteiger partial charge in [0.2, 0.25) is 0 Å². The average Bonchev–Trinajstić information content (AvgIpc) is 3.25. The first-order valence-electron chi connectivity index (χ1n) is 12.1. The molecule has 0 unspecified atom stereocenters. The molecule has 178 valence electrons. The van der Waals surface area contributed by atoms with E-state index in [1.54, 1.807) is 6.08 Å². The zero-order chi connectivity index (χ0) is 25.0. The first kappa shape index (κ1) is 25.7. The minimum atomic E-state index is 0.492. The third kappa shape index (κ3) is 7.04. The average molecular weight is 463 g/mol. The molecule has 0 spiro atoms. The van der Waals surface area contributed by atoms with Crippen LogP contribution in [0.4, 0.5) is 0 Å². The zero-order valence-electron chi connectivity index (χ0n) is 20.8. The van der Waals surface area contributed by atoms with Crippen molar-refractivity contribution in [2.24, 2.45) is 0 Å². The maximum absolute atomic E-state index is 10.7. The van der Waals surface area contributed by atoms with E-state index < -0.39 is 0 Å².